The molecule has 1 fully saturated rings. The summed E-state index contributed by atoms with van der Waals surface area (Å²) in [4.78, 5) is 0. The lowest BCUT2D eigenvalue weighted by atomic mass is 9.80. The molecule has 0 amide bonds. The molecule has 0 saturated carbocycles. The van der Waals surface area contributed by atoms with E-state index < -0.39 is 0 Å². The average molecular weight is 274 g/mol. The lowest BCUT2D eigenvalue weighted by Gasteiger charge is -2.32. The number of hydrogen-bond donors (Lipinski definition) is 0. The fourth-order valence-corrected chi connectivity index (χ4v) is 2.62. The van der Waals surface area contributed by atoms with Crippen LogP contribution in [0, 0.1) is 0 Å². The van der Waals surface area contributed by atoms with E-state index in [1.165, 1.54) is 12.0 Å². The van der Waals surface area contributed by atoms with Crippen LogP contribution in [0.1, 0.15) is 58.9 Å². The Morgan fingerprint density at radius 2 is 1.55 bits per heavy atom. The van der Waals surface area contributed by atoms with Crippen LogP contribution in [0.2, 0.25) is 6.32 Å². The summed E-state index contributed by atoms with van der Waals surface area (Å²) in [6, 6.07) is 10.7. The highest BCUT2D eigenvalue weighted by atomic mass is 16.7. The Morgan fingerprint density at radius 1 is 1.00 bits per heavy atom. The molecular formula is C17H27BO2. The van der Waals surface area contributed by atoms with Crippen LogP contribution < -0.4 is 0 Å². The predicted molar refractivity (Wildman–Crippen MR) is 85.0 cm³/mol. The zero-order chi connectivity index (χ0) is 14.8. The van der Waals surface area contributed by atoms with Gasteiger partial charge in [0.15, 0.2) is 0 Å². The van der Waals surface area contributed by atoms with Crippen LogP contribution in [0.4, 0.5) is 0 Å². The van der Waals surface area contributed by atoms with Crippen LogP contribution in [0.5, 0.6) is 0 Å². The molecule has 1 atom stereocenters. The topological polar surface area (TPSA) is 18.5 Å². The van der Waals surface area contributed by atoms with Gasteiger partial charge in [0.2, 0.25) is 0 Å². The molecule has 1 aliphatic heterocycles. The molecule has 0 aromatic heterocycles. The van der Waals surface area contributed by atoms with Gasteiger partial charge in [0.05, 0.1) is 11.2 Å². The van der Waals surface area contributed by atoms with Crippen molar-refractivity contribution >= 4 is 7.12 Å². The van der Waals surface area contributed by atoms with Crippen molar-refractivity contribution in [2.45, 2.75) is 70.9 Å². The molecule has 1 saturated heterocycles. The van der Waals surface area contributed by atoms with Gasteiger partial charge in [-0.3, -0.25) is 0 Å². The highest BCUT2D eigenvalue weighted by molar-refractivity contribution is 6.45. The minimum atomic E-state index is -0.206. The molecule has 1 unspecified atom stereocenters. The molecule has 0 N–H and O–H groups in total. The van der Waals surface area contributed by atoms with Crippen molar-refractivity contribution in [3.8, 4) is 0 Å². The Bertz CT molecular complexity index is 412. The molecule has 1 aromatic rings. The van der Waals surface area contributed by atoms with Gasteiger partial charge in [0.1, 0.15) is 0 Å². The lowest BCUT2D eigenvalue weighted by Crippen LogP contribution is -2.41. The SMILES string of the molecule is CC(CCCB1OC(C)(C)C(C)(C)O1)c1ccccc1. The maximum Gasteiger partial charge on any atom is 0.457 e. The Morgan fingerprint density at radius 3 is 2.10 bits per heavy atom. The summed E-state index contributed by atoms with van der Waals surface area (Å²) >= 11 is 0. The van der Waals surface area contributed by atoms with Gasteiger partial charge in [-0.2, -0.15) is 0 Å². The van der Waals surface area contributed by atoms with Crippen molar-refractivity contribution in [2.24, 2.45) is 0 Å². The zero-order valence-corrected chi connectivity index (χ0v) is 13.5. The molecule has 110 valence electrons. The Hall–Kier alpha value is -0.795. The Labute approximate surface area is 124 Å². The fraction of sp³-hybridized carbons (Fsp3) is 0.647. The van der Waals surface area contributed by atoms with Crippen molar-refractivity contribution < 1.29 is 9.31 Å². The molecule has 1 heterocycles. The van der Waals surface area contributed by atoms with E-state index in [0.29, 0.717) is 5.92 Å². The van der Waals surface area contributed by atoms with E-state index in [0.717, 1.165) is 12.7 Å². The van der Waals surface area contributed by atoms with Crippen molar-refractivity contribution in [1.29, 1.82) is 0 Å². The second kappa shape index (κ2) is 5.91. The Kier molecular flexibility index (Phi) is 4.60. The van der Waals surface area contributed by atoms with Crippen LogP contribution in [0.3, 0.4) is 0 Å². The van der Waals surface area contributed by atoms with Crippen LogP contribution in [0.25, 0.3) is 0 Å². The first-order chi connectivity index (χ1) is 9.32. The van der Waals surface area contributed by atoms with Crippen LogP contribution in [-0.2, 0) is 9.31 Å². The van der Waals surface area contributed by atoms with Crippen molar-refractivity contribution in [1.82, 2.24) is 0 Å². The maximum absolute atomic E-state index is 6.03. The lowest BCUT2D eigenvalue weighted by molar-refractivity contribution is 0.00578. The van der Waals surface area contributed by atoms with Gasteiger partial charge < -0.3 is 9.31 Å². The van der Waals surface area contributed by atoms with E-state index in [4.69, 9.17) is 9.31 Å². The number of benzene rings is 1. The van der Waals surface area contributed by atoms with Gasteiger partial charge in [-0.05, 0) is 51.9 Å². The molecule has 1 aromatic carbocycles. The largest absolute Gasteiger partial charge is 0.457 e. The van der Waals surface area contributed by atoms with Gasteiger partial charge in [0, 0.05) is 0 Å². The summed E-state index contributed by atoms with van der Waals surface area (Å²) in [5.74, 6) is 0.596. The first-order valence-electron chi connectivity index (χ1n) is 7.72. The average Bonchev–Trinajstić information content (AvgIpc) is 2.58. The quantitative estimate of drug-likeness (QED) is 0.727. The standard InChI is InChI=1S/C17H27BO2/c1-14(15-11-7-6-8-12-15)10-9-13-18-19-16(2,3)17(4,5)20-18/h6-8,11-12,14H,9-10,13H2,1-5H3. The zero-order valence-electron chi connectivity index (χ0n) is 13.5. The molecule has 1 aliphatic rings. The molecule has 0 bridgehead atoms. The Balaban J connectivity index is 1.78. The third kappa shape index (κ3) is 3.45. The molecule has 0 aliphatic carbocycles. The second-order valence-electron chi connectivity index (χ2n) is 6.93. The normalized spacial score (nSPS) is 21.9. The second-order valence-corrected chi connectivity index (χ2v) is 6.93. The summed E-state index contributed by atoms with van der Waals surface area (Å²) in [5.41, 5.74) is 1.01. The van der Waals surface area contributed by atoms with Gasteiger partial charge in [-0.1, -0.05) is 43.7 Å². The third-order valence-electron chi connectivity index (χ3n) is 4.75. The van der Waals surface area contributed by atoms with Crippen LogP contribution >= 0.6 is 0 Å². The summed E-state index contributed by atoms with van der Waals surface area (Å²) in [5, 5.41) is 0. The van der Waals surface area contributed by atoms with E-state index in [1.54, 1.807) is 0 Å². The summed E-state index contributed by atoms with van der Waals surface area (Å²) in [7, 11) is -0.0528. The third-order valence-corrected chi connectivity index (χ3v) is 4.75. The van der Waals surface area contributed by atoms with Crippen molar-refractivity contribution in [3.05, 3.63) is 35.9 Å². The van der Waals surface area contributed by atoms with Gasteiger partial charge in [-0.25, -0.2) is 0 Å². The molecule has 20 heavy (non-hydrogen) atoms. The number of rotatable bonds is 5. The van der Waals surface area contributed by atoms with Gasteiger partial charge in [0.25, 0.3) is 0 Å². The summed E-state index contributed by atoms with van der Waals surface area (Å²) in [6.07, 6.45) is 3.28. The van der Waals surface area contributed by atoms with E-state index in [2.05, 4.69) is 65.0 Å². The predicted octanol–water partition coefficient (Wildman–Crippen LogP) is 4.66. The minimum absolute atomic E-state index is 0.0528. The highest BCUT2D eigenvalue weighted by Crippen LogP contribution is 2.38. The van der Waals surface area contributed by atoms with Crippen LogP contribution in [0.15, 0.2) is 30.3 Å². The van der Waals surface area contributed by atoms with Crippen molar-refractivity contribution in [3.63, 3.8) is 0 Å². The fourth-order valence-electron chi connectivity index (χ4n) is 2.62. The van der Waals surface area contributed by atoms with Crippen LogP contribution in [-0.4, -0.2) is 18.3 Å². The molecular weight excluding hydrogens is 247 g/mol. The molecule has 3 heteroatoms. The summed E-state index contributed by atoms with van der Waals surface area (Å²) < 4.78 is 12.1. The molecule has 2 nitrogen and oxygen atoms in total. The first kappa shape index (κ1) is 15.6. The smallest absolute Gasteiger partial charge is 0.403 e. The molecule has 0 radical (unpaired) electrons. The van der Waals surface area contributed by atoms with E-state index in [9.17, 15) is 0 Å². The van der Waals surface area contributed by atoms with E-state index >= 15 is 0 Å². The monoisotopic (exact) mass is 274 g/mol. The van der Waals surface area contributed by atoms with Crippen molar-refractivity contribution in [2.75, 3.05) is 0 Å². The number of hydrogen-bond acceptors (Lipinski definition) is 2. The first-order valence-corrected chi connectivity index (χ1v) is 7.72. The molecule has 0 spiro atoms. The molecule has 2 rings (SSSR count). The summed E-state index contributed by atoms with van der Waals surface area (Å²) in [6.45, 7) is 10.7. The highest BCUT2D eigenvalue weighted by Gasteiger charge is 2.50. The van der Waals surface area contributed by atoms with E-state index in [1.807, 2.05) is 0 Å². The maximum atomic E-state index is 6.03. The minimum Gasteiger partial charge on any atom is -0.403 e. The van der Waals surface area contributed by atoms with Gasteiger partial charge >= 0.3 is 7.12 Å². The van der Waals surface area contributed by atoms with E-state index in [-0.39, 0.29) is 18.3 Å². The van der Waals surface area contributed by atoms with Gasteiger partial charge in [-0.15, -0.1) is 0 Å².